The number of aryl methyl sites for hydroxylation is 1. The number of amides is 1. The van der Waals surface area contributed by atoms with Crippen LogP contribution in [0.2, 0.25) is 0 Å². The summed E-state index contributed by atoms with van der Waals surface area (Å²) in [5.41, 5.74) is 3.04. The van der Waals surface area contributed by atoms with Crippen molar-refractivity contribution in [2.45, 2.75) is 33.4 Å². The lowest BCUT2D eigenvalue weighted by molar-refractivity contribution is -0.117. The number of rotatable bonds is 6. The predicted molar refractivity (Wildman–Crippen MR) is 114 cm³/mol. The summed E-state index contributed by atoms with van der Waals surface area (Å²) in [6, 6.07) is 13.7. The van der Waals surface area contributed by atoms with Gasteiger partial charge in [0.05, 0.1) is 8.95 Å². The van der Waals surface area contributed by atoms with E-state index in [9.17, 15) is 10.1 Å². The van der Waals surface area contributed by atoms with E-state index in [4.69, 9.17) is 4.74 Å². The van der Waals surface area contributed by atoms with Gasteiger partial charge in [-0.2, -0.15) is 5.26 Å². The maximum Gasteiger partial charge on any atom is 0.262 e. The molecular formula is C21H20Br2N2O2. The summed E-state index contributed by atoms with van der Waals surface area (Å²) in [4.78, 5) is 12.1. The zero-order chi connectivity index (χ0) is 20.0. The number of hydrogen-bond donors (Lipinski definition) is 1. The van der Waals surface area contributed by atoms with Gasteiger partial charge < -0.3 is 10.1 Å². The molecule has 0 aliphatic heterocycles. The average Bonchev–Trinajstić information content (AvgIpc) is 2.59. The molecule has 0 atom stereocenters. The van der Waals surface area contributed by atoms with Gasteiger partial charge in [-0.3, -0.25) is 4.79 Å². The van der Waals surface area contributed by atoms with Crippen LogP contribution in [0.3, 0.4) is 0 Å². The van der Waals surface area contributed by atoms with E-state index >= 15 is 0 Å². The van der Waals surface area contributed by atoms with Crippen molar-refractivity contribution in [2.24, 2.45) is 0 Å². The Labute approximate surface area is 176 Å². The highest BCUT2D eigenvalue weighted by Gasteiger charge is 2.13. The molecule has 0 unspecified atom stereocenters. The standard InChI is InChI=1S/C21H20Br2N2O2/c1-13(2)25-21(26)17(11-24)8-16-9-18(22)20(19(23)10-16)27-12-15-6-4-14(3)5-7-15/h4-10,13H,12H2,1-3H3,(H,25,26)/b17-8-. The largest absolute Gasteiger partial charge is 0.487 e. The van der Waals surface area contributed by atoms with E-state index in [1.807, 2.05) is 63.2 Å². The molecule has 0 radical (unpaired) electrons. The SMILES string of the molecule is Cc1ccc(COc2c(Br)cc(/C=C(/C#N)C(=O)NC(C)C)cc2Br)cc1. The smallest absolute Gasteiger partial charge is 0.262 e. The lowest BCUT2D eigenvalue weighted by atomic mass is 10.1. The van der Waals surface area contributed by atoms with Crippen LogP contribution in [0.25, 0.3) is 6.08 Å². The molecule has 4 nitrogen and oxygen atoms in total. The molecule has 0 bridgehead atoms. The van der Waals surface area contributed by atoms with Crippen molar-refractivity contribution >= 4 is 43.8 Å². The Morgan fingerprint density at radius 2 is 1.81 bits per heavy atom. The van der Waals surface area contributed by atoms with E-state index < -0.39 is 0 Å². The zero-order valence-corrected chi connectivity index (χ0v) is 18.5. The van der Waals surface area contributed by atoms with Crippen molar-refractivity contribution in [3.63, 3.8) is 0 Å². The van der Waals surface area contributed by atoms with Gasteiger partial charge in [-0.05, 0) is 82.0 Å². The van der Waals surface area contributed by atoms with Gasteiger partial charge in [0.2, 0.25) is 0 Å². The molecule has 0 aliphatic carbocycles. The third-order valence-corrected chi connectivity index (χ3v) is 4.80. The van der Waals surface area contributed by atoms with Crippen molar-refractivity contribution in [3.8, 4) is 11.8 Å². The molecular weight excluding hydrogens is 472 g/mol. The van der Waals surface area contributed by atoms with E-state index in [1.54, 1.807) is 6.08 Å². The maximum atomic E-state index is 12.1. The van der Waals surface area contributed by atoms with E-state index in [0.29, 0.717) is 17.9 Å². The number of carbonyl (C=O) groups is 1. The van der Waals surface area contributed by atoms with Gasteiger partial charge in [-0.15, -0.1) is 0 Å². The van der Waals surface area contributed by atoms with Gasteiger partial charge in [0, 0.05) is 6.04 Å². The third kappa shape index (κ3) is 6.23. The van der Waals surface area contributed by atoms with E-state index in [-0.39, 0.29) is 17.5 Å². The highest BCUT2D eigenvalue weighted by atomic mass is 79.9. The van der Waals surface area contributed by atoms with Crippen molar-refractivity contribution in [1.29, 1.82) is 5.26 Å². The summed E-state index contributed by atoms with van der Waals surface area (Å²) in [6.07, 6.45) is 1.55. The van der Waals surface area contributed by atoms with Gasteiger partial charge >= 0.3 is 0 Å². The summed E-state index contributed by atoms with van der Waals surface area (Å²) >= 11 is 7.01. The second kappa shape index (κ2) is 9.72. The van der Waals surface area contributed by atoms with Crippen molar-refractivity contribution in [1.82, 2.24) is 5.32 Å². The van der Waals surface area contributed by atoms with Crippen molar-refractivity contribution in [3.05, 3.63) is 67.6 Å². The van der Waals surface area contributed by atoms with E-state index in [1.165, 1.54) is 5.56 Å². The minimum Gasteiger partial charge on any atom is -0.487 e. The molecule has 0 spiro atoms. The Morgan fingerprint density at radius 1 is 1.22 bits per heavy atom. The highest BCUT2D eigenvalue weighted by molar-refractivity contribution is 9.11. The van der Waals surface area contributed by atoms with Crippen LogP contribution in [0.15, 0.2) is 50.9 Å². The van der Waals surface area contributed by atoms with Gasteiger partial charge in [0.25, 0.3) is 5.91 Å². The number of nitriles is 1. The Hall–Kier alpha value is -2.10. The van der Waals surface area contributed by atoms with Crippen LogP contribution in [0.5, 0.6) is 5.75 Å². The predicted octanol–water partition coefficient (Wildman–Crippen LogP) is 5.53. The Balaban J connectivity index is 2.20. The van der Waals surface area contributed by atoms with Crippen LogP contribution < -0.4 is 10.1 Å². The highest BCUT2D eigenvalue weighted by Crippen LogP contribution is 2.36. The van der Waals surface area contributed by atoms with E-state index in [2.05, 4.69) is 37.2 Å². The minimum absolute atomic E-state index is 0.0368. The van der Waals surface area contributed by atoms with Crippen molar-refractivity contribution in [2.75, 3.05) is 0 Å². The molecule has 6 heteroatoms. The Morgan fingerprint density at radius 3 is 2.33 bits per heavy atom. The molecule has 2 aromatic carbocycles. The summed E-state index contributed by atoms with van der Waals surface area (Å²) in [5.74, 6) is 0.275. The quantitative estimate of drug-likeness (QED) is 0.426. The summed E-state index contributed by atoms with van der Waals surface area (Å²) in [6.45, 7) is 6.17. The second-order valence-corrected chi connectivity index (χ2v) is 8.09. The molecule has 27 heavy (non-hydrogen) atoms. The molecule has 0 saturated carbocycles. The molecule has 0 heterocycles. The number of nitrogens with one attached hydrogen (secondary N) is 1. The fourth-order valence-corrected chi connectivity index (χ4v) is 3.75. The second-order valence-electron chi connectivity index (χ2n) is 6.39. The first kappa shape index (κ1) is 21.2. The lowest BCUT2D eigenvalue weighted by Gasteiger charge is -2.12. The Kier molecular flexibility index (Phi) is 7.64. The van der Waals surface area contributed by atoms with Crippen LogP contribution in [-0.4, -0.2) is 11.9 Å². The fraction of sp³-hybridized carbons (Fsp3) is 0.238. The van der Waals surface area contributed by atoms with Crippen LogP contribution in [-0.2, 0) is 11.4 Å². The first-order valence-corrected chi connectivity index (χ1v) is 9.98. The molecule has 2 rings (SSSR count). The average molecular weight is 492 g/mol. The monoisotopic (exact) mass is 490 g/mol. The molecule has 0 aliphatic rings. The maximum absolute atomic E-state index is 12.1. The van der Waals surface area contributed by atoms with Crippen LogP contribution in [0, 0.1) is 18.3 Å². The molecule has 140 valence electrons. The first-order valence-electron chi connectivity index (χ1n) is 8.40. The number of halogens is 2. The number of carbonyl (C=O) groups excluding carboxylic acids is 1. The topological polar surface area (TPSA) is 62.1 Å². The molecule has 0 aromatic heterocycles. The van der Waals surface area contributed by atoms with Gasteiger partial charge in [0.1, 0.15) is 24.0 Å². The van der Waals surface area contributed by atoms with Crippen LogP contribution >= 0.6 is 31.9 Å². The number of nitrogens with zero attached hydrogens (tertiary/aromatic N) is 1. The lowest BCUT2D eigenvalue weighted by Crippen LogP contribution is -2.30. The molecule has 0 fully saturated rings. The number of benzene rings is 2. The summed E-state index contributed by atoms with van der Waals surface area (Å²) < 4.78 is 7.39. The van der Waals surface area contributed by atoms with Crippen LogP contribution in [0.1, 0.15) is 30.5 Å². The normalized spacial score (nSPS) is 11.2. The van der Waals surface area contributed by atoms with E-state index in [0.717, 1.165) is 14.5 Å². The first-order chi connectivity index (χ1) is 12.8. The third-order valence-electron chi connectivity index (χ3n) is 3.62. The zero-order valence-electron chi connectivity index (χ0n) is 15.3. The summed E-state index contributed by atoms with van der Waals surface area (Å²) in [5, 5.41) is 12.0. The van der Waals surface area contributed by atoms with Gasteiger partial charge in [0.15, 0.2) is 0 Å². The van der Waals surface area contributed by atoms with Crippen LogP contribution in [0.4, 0.5) is 0 Å². The molecule has 1 amide bonds. The number of ether oxygens (including phenoxy) is 1. The number of hydrogen-bond acceptors (Lipinski definition) is 3. The summed E-state index contributed by atoms with van der Waals surface area (Å²) in [7, 11) is 0. The fourth-order valence-electron chi connectivity index (χ4n) is 2.30. The van der Waals surface area contributed by atoms with Gasteiger partial charge in [-0.1, -0.05) is 29.8 Å². The molecule has 1 N–H and O–H groups in total. The Bertz CT molecular complexity index is 874. The van der Waals surface area contributed by atoms with Crippen molar-refractivity contribution < 1.29 is 9.53 Å². The van der Waals surface area contributed by atoms with Gasteiger partial charge in [-0.25, -0.2) is 0 Å². The minimum atomic E-state index is -0.389. The molecule has 0 saturated heterocycles. The molecule has 2 aromatic rings.